The van der Waals surface area contributed by atoms with Gasteiger partial charge in [-0.25, -0.2) is 0 Å². The van der Waals surface area contributed by atoms with Crippen molar-refractivity contribution in [2.75, 3.05) is 47.5 Å². The van der Waals surface area contributed by atoms with Crippen LogP contribution in [0, 0.1) is 0 Å². The monoisotopic (exact) mass is 996 g/mol. The average Bonchev–Trinajstić information content (AvgIpc) is 3.31. The topological polar surface area (TPSA) is 111 Å². The van der Waals surface area contributed by atoms with Crippen molar-refractivity contribution in [3.8, 4) is 0 Å². The van der Waals surface area contributed by atoms with E-state index in [0.717, 1.165) is 51.4 Å². The van der Waals surface area contributed by atoms with E-state index in [-0.39, 0.29) is 32.0 Å². The molecule has 9 nitrogen and oxygen atoms in total. The van der Waals surface area contributed by atoms with E-state index in [0.29, 0.717) is 17.4 Å². The summed E-state index contributed by atoms with van der Waals surface area (Å²) in [5.41, 5.74) is 0. The number of rotatable bonds is 55. The third-order valence-corrected chi connectivity index (χ3v) is 14.2. The first-order valence-electron chi connectivity index (χ1n) is 29.5. The predicted octanol–water partition coefficient (Wildman–Crippen LogP) is 17.6. The molecular formula is C59H114NO8P. The number of carbonyl (C=O) groups excluding carboxylic acids is 2. The Morgan fingerprint density at radius 1 is 0.435 bits per heavy atom. The normalized spacial score (nSPS) is 13.4. The van der Waals surface area contributed by atoms with Gasteiger partial charge in [0.1, 0.15) is 19.8 Å². The van der Waals surface area contributed by atoms with Crippen LogP contribution in [0.25, 0.3) is 0 Å². The van der Waals surface area contributed by atoms with Crippen LogP contribution in [0.4, 0.5) is 0 Å². The molecule has 0 N–H and O–H groups in total. The second-order valence-electron chi connectivity index (χ2n) is 21.4. The third-order valence-electron chi connectivity index (χ3n) is 13.2. The van der Waals surface area contributed by atoms with Crippen molar-refractivity contribution in [3.05, 3.63) is 24.3 Å². The average molecular weight is 997 g/mol. The molecule has 0 amide bonds. The quantitative estimate of drug-likeness (QED) is 0.0195. The molecular weight excluding hydrogens is 882 g/mol. The van der Waals surface area contributed by atoms with Crippen LogP contribution in [0.3, 0.4) is 0 Å². The van der Waals surface area contributed by atoms with Gasteiger partial charge in [0.05, 0.1) is 27.7 Å². The number of esters is 2. The maximum atomic E-state index is 12.8. The number of allylic oxidation sites excluding steroid dienone is 4. The van der Waals surface area contributed by atoms with Crippen molar-refractivity contribution in [2.45, 2.75) is 296 Å². The lowest BCUT2D eigenvalue weighted by molar-refractivity contribution is -0.870. The molecule has 0 saturated carbocycles. The minimum atomic E-state index is -4.63. The highest BCUT2D eigenvalue weighted by atomic mass is 31.2. The number of hydrogen-bond donors (Lipinski definition) is 0. The summed E-state index contributed by atoms with van der Waals surface area (Å²) < 4.78 is 34.1. The first-order valence-corrected chi connectivity index (χ1v) is 31.0. The molecule has 0 fully saturated rings. The molecule has 0 heterocycles. The number of hydrogen-bond acceptors (Lipinski definition) is 8. The van der Waals surface area contributed by atoms with Gasteiger partial charge < -0.3 is 27.9 Å². The number of phosphoric acid groups is 1. The molecule has 69 heavy (non-hydrogen) atoms. The molecule has 0 saturated heterocycles. The smallest absolute Gasteiger partial charge is 0.306 e. The van der Waals surface area contributed by atoms with Gasteiger partial charge in [-0.1, -0.05) is 237 Å². The Kier molecular flexibility index (Phi) is 50.3. The first kappa shape index (κ1) is 67.5. The summed E-state index contributed by atoms with van der Waals surface area (Å²) in [5, 5.41) is 0. The minimum absolute atomic E-state index is 0.0295. The van der Waals surface area contributed by atoms with Gasteiger partial charge >= 0.3 is 11.9 Å². The van der Waals surface area contributed by atoms with Crippen molar-refractivity contribution in [1.29, 1.82) is 0 Å². The second-order valence-corrected chi connectivity index (χ2v) is 22.8. The maximum Gasteiger partial charge on any atom is 0.306 e. The van der Waals surface area contributed by atoms with Gasteiger partial charge in [0.15, 0.2) is 6.10 Å². The van der Waals surface area contributed by atoms with Gasteiger partial charge in [-0.15, -0.1) is 0 Å². The van der Waals surface area contributed by atoms with Crippen LogP contribution in [0.15, 0.2) is 24.3 Å². The van der Waals surface area contributed by atoms with Crippen LogP contribution < -0.4 is 4.89 Å². The fraction of sp³-hybridized carbons (Fsp3) is 0.898. The van der Waals surface area contributed by atoms with E-state index < -0.39 is 26.5 Å². The zero-order chi connectivity index (χ0) is 50.6. The number of phosphoric ester groups is 1. The van der Waals surface area contributed by atoms with Gasteiger partial charge in [0.2, 0.25) is 0 Å². The summed E-state index contributed by atoms with van der Waals surface area (Å²) in [4.78, 5) is 37.8. The second kappa shape index (κ2) is 51.4. The Balaban J connectivity index is 4.01. The van der Waals surface area contributed by atoms with Gasteiger partial charge in [-0.3, -0.25) is 14.2 Å². The molecule has 0 radical (unpaired) electrons. The number of carbonyl (C=O) groups is 2. The van der Waals surface area contributed by atoms with Gasteiger partial charge in [0.25, 0.3) is 7.82 Å². The lowest BCUT2D eigenvalue weighted by Crippen LogP contribution is -2.37. The number of nitrogens with zero attached hydrogens (tertiary/aromatic N) is 1. The van der Waals surface area contributed by atoms with Crippen molar-refractivity contribution in [1.82, 2.24) is 0 Å². The third kappa shape index (κ3) is 55.7. The lowest BCUT2D eigenvalue weighted by Gasteiger charge is -2.28. The number of quaternary nitrogens is 1. The van der Waals surface area contributed by atoms with E-state index in [1.54, 1.807) is 0 Å². The molecule has 10 heteroatoms. The van der Waals surface area contributed by atoms with Crippen molar-refractivity contribution < 1.29 is 42.1 Å². The van der Waals surface area contributed by atoms with E-state index in [4.69, 9.17) is 18.5 Å². The zero-order valence-corrected chi connectivity index (χ0v) is 47.2. The molecule has 2 atom stereocenters. The number of unbranched alkanes of at least 4 members (excludes halogenated alkanes) is 37. The summed E-state index contributed by atoms with van der Waals surface area (Å²) in [6, 6.07) is 0. The van der Waals surface area contributed by atoms with Crippen LogP contribution in [-0.2, 0) is 32.7 Å². The fourth-order valence-electron chi connectivity index (χ4n) is 8.59. The molecule has 0 bridgehead atoms. The molecule has 408 valence electrons. The largest absolute Gasteiger partial charge is 0.756 e. The van der Waals surface area contributed by atoms with Gasteiger partial charge in [0, 0.05) is 12.8 Å². The van der Waals surface area contributed by atoms with Crippen molar-refractivity contribution in [2.24, 2.45) is 0 Å². The molecule has 0 rings (SSSR count). The van der Waals surface area contributed by atoms with E-state index in [9.17, 15) is 19.0 Å². The lowest BCUT2D eigenvalue weighted by atomic mass is 10.0. The van der Waals surface area contributed by atoms with E-state index >= 15 is 0 Å². The van der Waals surface area contributed by atoms with Crippen LogP contribution in [0.1, 0.15) is 290 Å². The van der Waals surface area contributed by atoms with Crippen LogP contribution in [0.2, 0.25) is 0 Å². The van der Waals surface area contributed by atoms with Crippen molar-refractivity contribution >= 4 is 19.8 Å². The Morgan fingerprint density at radius 3 is 1.07 bits per heavy atom. The van der Waals surface area contributed by atoms with Crippen LogP contribution in [0.5, 0.6) is 0 Å². The zero-order valence-electron chi connectivity index (χ0n) is 46.3. The minimum Gasteiger partial charge on any atom is -0.756 e. The molecule has 0 aromatic heterocycles. The van der Waals surface area contributed by atoms with Crippen LogP contribution >= 0.6 is 7.82 Å². The summed E-state index contributed by atoms with van der Waals surface area (Å²) in [5.74, 6) is -0.830. The SMILES string of the molecule is CCCCCCC/C=C\CCCCCCCC(=O)OCC(COP(=O)([O-])OCC[N+](C)(C)C)OC(=O)CCCCCCCCCCCCCCCCCCCCC/C=C\CCCCCCCCCC. The summed E-state index contributed by atoms with van der Waals surface area (Å²) >= 11 is 0. The first-order chi connectivity index (χ1) is 33.5. The van der Waals surface area contributed by atoms with E-state index in [1.807, 2.05) is 21.1 Å². The summed E-state index contributed by atoms with van der Waals surface area (Å²) in [6.45, 7) is 4.26. The number of likely N-dealkylation sites (N-methyl/N-ethyl adjacent to an activating group) is 1. The Bertz CT molecular complexity index is 1220. The summed E-state index contributed by atoms with van der Waals surface area (Å²) in [6.07, 6.45) is 61.0. The molecule has 0 aliphatic heterocycles. The van der Waals surface area contributed by atoms with Crippen LogP contribution in [-0.4, -0.2) is 70.0 Å². The Morgan fingerprint density at radius 2 is 0.739 bits per heavy atom. The highest BCUT2D eigenvalue weighted by molar-refractivity contribution is 7.45. The van der Waals surface area contributed by atoms with Gasteiger partial charge in [-0.05, 0) is 64.2 Å². The highest BCUT2D eigenvalue weighted by Crippen LogP contribution is 2.38. The van der Waals surface area contributed by atoms with Gasteiger partial charge in [-0.2, -0.15) is 0 Å². The standard InChI is InChI=1S/C59H114NO8P/c1-6-8-10-12-14-16-18-20-22-23-24-25-26-27-28-29-30-31-32-33-34-35-36-37-38-40-42-44-46-48-50-52-59(62)68-57(56-67-69(63,64)66-54-53-60(3,4)5)55-65-58(61)51-49-47-45-43-41-39-21-19-17-15-13-11-9-7-2/h19,21,23-24,57H,6-18,20,22,25-56H2,1-5H3/b21-19-,24-23-. The Labute approximate surface area is 428 Å². The molecule has 0 aliphatic carbocycles. The fourth-order valence-corrected chi connectivity index (χ4v) is 9.32. The van der Waals surface area contributed by atoms with E-state index in [2.05, 4.69) is 38.2 Å². The number of ether oxygens (including phenoxy) is 2. The molecule has 0 aromatic carbocycles. The predicted molar refractivity (Wildman–Crippen MR) is 291 cm³/mol. The molecule has 0 spiro atoms. The summed E-state index contributed by atoms with van der Waals surface area (Å²) in [7, 11) is 1.17. The van der Waals surface area contributed by atoms with E-state index in [1.165, 1.54) is 205 Å². The van der Waals surface area contributed by atoms with Crippen molar-refractivity contribution in [3.63, 3.8) is 0 Å². The highest BCUT2D eigenvalue weighted by Gasteiger charge is 2.22. The molecule has 2 unspecified atom stereocenters. The molecule has 0 aromatic rings. The molecule has 0 aliphatic rings. The Hall–Kier alpha value is -1.51. The maximum absolute atomic E-state index is 12.8.